The zero-order chi connectivity index (χ0) is 11.4. The Morgan fingerprint density at radius 1 is 1.38 bits per heavy atom. The van der Waals surface area contributed by atoms with E-state index in [4.69, 9.17) is 0 Å². The summed E-state index contributed by atoms with van der Waals surface area (Å²) in [5.41, 5.74) is 0.448. The Bertz CT molecular complexity index is 470. The molecule has 84 valence electrons. The molecule has 0 aliphatic heterocycles. The number of halogens is 1. The van der Waals surface area contributed by atoms with Crippen LogP contribution in [0.25, 0.3) is 0 Å². The van der Waals surface area contributed by atoms with Crippen LogP contribution >= 0.6 is 11.3 Å². The topological polar surface area (TPSA) is 37.8 Å². The van der Waals surface area contributed by atoms with E-state index in [-0.39, 0.29) is 5.82 Å². The Labute approximate surface area is 97.4 Å². The van der Waals surface area contributed by atoms with Gasteiger partial charge in [-0.05, 0) is 19.1 Å². The predicted molar refractivity (Wildman–Crippen MR) is 61.6 cm³/mol. The molecule has 0 spiro atoms. The Kier molecular flexibility index (Phi) is 3.58. The van der Waals surface area contributed by atoms with Crippen LogP contribution in [-0.4, -0.2) is 9.97 Å². The fraction of sp³-hybridized carbons (Fsp3) is 0.273. The van der Waals surface area contributed by atoms with E-state index in [0.717, 1.165) is 9.88 Å². The zero-order valence-corrected chi connectivity index (χ0v) is 9.72. The summed E-state index contributed by atoms with van der Waals surface area (Å²) in [7, 11) is 0. The first kappa shape index (κ1) is 11.2. The van der Waals surface area contributed by atoms with Crippen molar-refractivity contribution in [2.75, 3.05) is 0 Å². The minimum absolute atomic E-state index is 0.268. The molecule has 0 saturated carbocycles. The summed E-state index contributed by atoms with van der Waals surface area (Å²) in [6.07, 6.45) is 3.43. The molecule has 0 radical (unpaired) electrons. The molecule has 0 aromatic carbocycles. The maximum atomic E-state index is 13.2. The highest BCUT2D eigenvalue weighted by Gasteiger charge is 2.02. The lowest BCUT2D eigenvalue weighted by Gasteiger charge is -2.02. The molecular formula is C11H12FN3S. The van der Waals surface area contributed by atoms with Crippen molar-refractivity contribution >= 4 is 11.3 Å². The molecule has 3 nitrogen and oxygen atoms in total. The molecular weight excluding hydrogens is 225 g/mol. The summed E-state index contributed by atoms with van der Waals surface area (Å²) in [5.74, 6) is -0.268. The van der Waals surface area contributed by atoms with Crippen LogP contribution in [0.3, 0.4) is 0 Å². The number of pyridine rings is 1. The van der Waals surface area contributed by atoms with Crippen LogP contribution in [0.4, 0.5) is 4.39 Å². The average Bonchev–Trinajstić information content (AvgIpc) is 2.67. The van der Waals surface area contributed by atoms with E-state index in [2.05, 4.69) is 15.3 Å². The second-order valence-corrected chi connectivity index (χ2v) is 4.70. The highest BCUT2D eigenvalue weighted by molar-refractivity contribution is 7.11. The van der Waals surface area contributed by atoms with E-state index in [1.165, 1.54) is 6.07 Å². The molecule has 16 heavy (non-hydrogen) atoms. The molecule has 2 aromatic rings. The second kappa shape index (κ2) is 5.14. The molecule has 0 amide bonds. The number of rotatable bonds is 4. The van der Waals surface area contributed by atoms with Gasteiger partial charge < -0.3 is 5.32 Å². The third-order valence-electron chi connectivity index (χ3n) is 2.10. The number of nitrogens with one attached hydrogen (secondary N) is 1. The minimum Gasteiger partial charge on any atom is -0.306 e. The molecule has 0 aliphatic carbocycles. The van der Waals surface area contributed by atoms with Crippen molar-refractivity contribution in [3.63, 3.8) is 0 Å². The molecule has 0 atom stereocenters. The third kappa shape index (κ3) is 2.84. The third-order valence-corrected chi connectivity index (χ3v) is 3.01. The van der Waals surface area contributed by atoms with Crippen molar-refractivity contribution in [1.82, 2.24) is 15.3 Å². The summed E-state index contributed by atoms with van der Waals surface area (Å²) in [6, 6.07) is 3.01. The van der Waals surface area contributed by atoms with Crippen LogP contribution in [-0.2, 0) is 13.1 Å². The normalized spacial score (nSPS) is 10.6. The average molecular weight is 237 g/mol. The molecule has 5 heteroatoms. The number of hydrogen-bond acceptors (Lipinski definition) is 4. The molecule has 2 heterocycles. The van der Waals surface area contributed by atoms with Gasteiger partial charge in [-0.2, -0.15) is 0 Å². The Morgan fingerprint density at radius 2 is 2.25 bits per heavy atom. The number of aryl methyl sites for hydroxylation is 1. The lowest BCUT2D eigenvalue weighted by molar-refractivity contribution is 0.575. The highest BCUT2D eigenvalue weighted by Crippen LogP contribution is 2.11. The van der Waals surface area contributed by atoms with Gasteiger partial charge in [-0.25, -0.2) is 9.37 Å². The number of hydrogen-bond donors (Lipinski definition) is 1. The van der Waals surface area contributed by atoms with Crippen molar-refractivity contribution < 1.29 is 4.39 Å². The van der Waals surface area contributed by atoms with Crippen molar-refractivity contribution in [3.8, 4) is 0 Å². The smallest absolute Gasteiger partial charge is 0.146 e. The fourth-order valence-corrected chi connectivity index (χ4v) is 2.10. The predicted octanol–water partition coefficient (Wildman–Crippen LogP) is 2.28. The van der Waals surface area contributed by atoms with Gasteiger partial charge >= 0.3 is 0 Å². The van der Waals surface area contributed by atoms with Crippen LogP contribution in [0.1, 0.15) is 15.6 Å². The van der Waals surface area contributed by atoms with Gasteiger partial charge in [0.15, 0.2) is 0 Å². The molecule has 2 rings (SSSR count). The van der Waals surface area contributed by atoms with Crippen molar-refractivity contribution in [2.45, 2.75) is 20.0 Å². The summed E-state index contributed by atoms with van der Waals surface area (Å²) in [5, 5.41) is 4.18. The lowest BCUT2D eigenvalue weighted by atomic mass is 10.3. The van der Waals surface area contributed by atoms with Crippen molar-refractivity contribution in [3.05, 3.63) is 45.9 Å². The molecule has 2 aromatic heterocycles. The SMILES string of the molecule is Cc1ncc(CNCc2ncccc2F)s1. The van der Waals surface area contributed by atoms with E-state index in [9.17, 15) is 4.39 Å². The summed E-state index contributed by atoms with van der Waals surface area (Å²) in [6.45, 7) is 3.09. The van der Waals surface area contributed by atoms with Crippen LogP contribution < -0.4 is 5.32 Å². The van der Waals surface area contributed by atoms with Crippen molar-refractivity contribution in [1.29, 1.82) is 0 Å². The molecule has 0 bridgehead atoms. The first-order valence-corrected chi connectivity index (χ1v) is 5.79. The molecule has 0 fully saturated rings. The van der Waals surface area contributed by atoms with Gasteiger partial charge in [-0.1, -0.05) is 0 Å². The van der Waals surface area contributed by atoms with E-state index in [1.807, 2.05) is 13.1 Å². The van der Waals surface area contributed by atoms with Crippen LogP contribution in [0.15, 0.2) is 24.5 Å². The molecule has 0 saturated heterocycles. The fourth-order valence-electron chi connectivity index (χ4n) is 1.34. The van der Waals surface area contributed by atoms with Gasteiger partial charge in [-0.3, -0.25) is 4.98 Å². The first-order valence-electron chi connectivity index (χ1n) is 4.97. The van der Waals surface area contributed by atoms with Crippen LogP contribution in [0.2, 0.25) is 0 Å². The molecule has 0 unspecified atom stereocenters. The number of aromatic nitrogens is 2. The van der Waals surface area contributed by atoms with Crippen molar-refractivity contribution in [2.24, 2.45) is 0 Å². The number of thiazole rings is 1. The van der Waals surface area contributed by atoms with Gasteiger partial charge in [0.2, 0.25) is 0 Å². The van der Waals surface area contributed by atoms with Crippen LogP contribution in [0.5, 0.6) is 0 Å². The second-order valence-electron chi connectivity index (χ2n) is 3.38. The quantitative estimate of drug-likeness (QED) is 0.886. The van der Waals surface area contributed by atoms with Gasteiger partial charge in [0, 0.05) is 30.4 Å². The van der Waals surface area contributed by atoms with E-state index in [0.29, 0.717) is 18.8 Å². The van der Waals surface area contributed by atoms with Crippen LogP contribution in [0, 0.1) is 12.7 Å². The Balaban J connectivity index is 1.87. The summed E-state index contributed by atoms with van der Waals surface area (Å²) < 4.78 is 13.2. The number of nitrogens with zero attached hydrogens (tertiary/aromatic N) is 2. The van der Waals surface area contributed by atoms with E-state index < -0.39 is 0 Å². The molecule has 0 aliphatic rings. The monoisotopic (exact) mass is 237 g/mol. The Morgan fingerprint density at radius 3 is 2.94 bits per heavy atom. The minimum atomic E-state index is -0.268. The van der Waals surface area contributed by atoms with Gasteiger partial charge in [0.1, 0.15) is 5.82 Å². The lowest BCUT2D eigenvalue weighted by Crippen LogP contribution is -2.14. The van der Waals surface area contributed by atoms with Gasteiger partial charge in [0.25, 0.3) is 0 Å². The highest BCUT2D eigenvalue weighted by atomic mass is 32.1. The maximum absolute atomic E-state index is 13.2. The first-order chi connectivity index (χ1) is 7.75. The maximum Gasteiger partial charge on any atom is 0.146 e. The van der Waals surface area contributed by atoms with E-state index >= 15 is 0 Å². The summed E-state index contributed by atoms with van der Waals surface area (Å²) >= 11 is 1.64. The van der Waals surface area contributed by atoms with E-state index in [1.54, 1.807) is 23.6 Å². The molecule has 1 N–H and O–H groups in total. The standard InChI is InChI=1S/C11H12FN3S/c1-8-15-6-9(16-8)5-13-7-11-10(12)3-2-4-14-11/h2-4,6,13H,5,7H2,1H3. The van der Waals surface area contributed by atoms with Gasteiger partial charge in [-0.15, -0.1) is 11.3 Å². The Hall–Kier alpha value is -1.33. The van der Waals surface area contributed by atoms with Gasteiger partial charge in [0.05, 0.1) is 10.7 Å². The largest absolute Gasteiger partial charge is 0.306 e. The zero-order valence-electron chi connectivity index (χ0n) is 8.90. The summed E-state index contributed by atoms with van der Waals surface area (Å²) in [4.78, 5) is 9.26.